The van der Waals surface area contributed by atoms with Gasteiger partial charge in [0.05, 0.1) is 11.3 Å². The van der Waals surface area contributed by atoms with E-state index in [0.29, 0.717) is 5.54 Å². The first kappa shape index (κ1) is 12.3. The molecule has 1 aromatic rings. The molecule has 1 heterocycles. The van der Waals surface area contributed by atoms with Gasteiger partial charge in [-0.05, 0) is 49.1 Å². The molecule has 21 heavy (non-hydrogen) atoms. The van der Waals surface area contributed by atoms with Crippen LogP contribution in [-0.2, 0) is 0 Å². The lowest BCUT2D eigenvalue weighted by atomic mass is 9.53. The molecule has 6 rings (SSSR count). The molecule has 4 bridgehead atoms. The number of para-hydroxylation sites is 1. The molecule has 4 fully saturated rings. The summed E-state index contributed by atoms with van der Waals surface area (Å²) in [5.41, 5.74) is 3.27. The van der Waals surface area contributed by atoms with E-state index in [-0.39, 0.29) is 0 Å². The number of nitrogens with zero attached hydrogens (tertiary/aromatic N) is 2. The Morgan fingerprint density at radius 2 is 1.62 bits per heavy atom. The fourth-order valence-electron chi connectivity index (χ4n) is 6.16. The maximum atomic E-state index is 2.72. The molecular weight excluding hydrogens is 256 g/mol. The standard InChI is InChI=1S/C19H25N2/c1-20-13-21(12-17-4-2-3-5-18(17)20)19-9-14-6-15(10-19)8-16(7-14)11-19/h2-5,12,14-16H,6-11,13H2,1H3/q+1. The summed E-state index contributed by atoms with van der Waals surface area (Å²) in [6.07, 6.45) is 11.4. The quantitative estimate of drug-likeness (QED) is 0.714. The van der Waals surface area contributed by atoms with Crippen LogP contribution in [0, 0.1) is 17.8 Å². The van der Waals surface area contributed by atoms with Crippen LogP contribution in [0.1, 0.15) is 44.1 Å². The van der Waals surface area contributed by atoms with Crippen molar-refractivity contribution in [2.45, 2.75) is 44.1 Å². The highest BCUT2D eigenvalue weighted by molar-refractivity contribution is 5.86. The number of rotatable bonds is 1. The Kier molecular flexibility index (Phi) is 2.40. The Hall–Kier alpha value is -1.31. The molecule has 4 saturated carbocycles. The summed E-state index contributed by atoms with van der Waals surface area (Å²) in [6, 6.07) is 8.86. The van der Waals surface area contributed by atoms with Crippen molar-refractivity contribution in [1.29, 1.82) is 0 Å². The first-order chi connectivity index (χ1) is 10.2. The molecule has 0 radical (unpaired) electrons. The lowest BCUT2D eigenvalue weighted by Crippen LogP contribution is -2.59. The highest BCUT2D eigenvalue weighted by Crippen LogP contribution is 2.57. The summed E-state index contributed by atoms with van der Waals surface area (Å²) in [5, 5.41) is 0. The number of hydrogen-bond donors (Lipinski definition) is 0. The largest absolute Gasteiger partial charge is 0.319 e. The molecule has 1 aromatic carbocycles. The predicted molar refractivity (Wildman–Crippen MR) is 86.0 cm³/mol. The van der Waals surface area contributed by atoms with Crippen molar-refractivity contribution in [2.75, 3.05) is 18.6 Å². The van der Waals surface area contributed by atoms with Gasteiger partial charge in [-0.25, -0.2) is 4.58 Å². The SMILES string of the molecule is CN1C[N+](C23CC4CC(CC(C4)C2)C3)=Cc2ccccc21. The second-order valence-electron chi connectivity index (χ2n) is 8.14. The molecule has 0 atom stereocenters. The predicted octanol–water partition coefficient (Wildman–Crippen LogP) is 3.49. The normalized spacial score (nSPS) is 40.1. The Bertz CT molecular complexity index is 580. The van der Waals surface area contributed by atoms with Gasteiger partial charge in [-0.15, -0.1) is 0 Å². The number of anilines is 1. The van der Waals surface area contributed by atoms with Gasteiger partial charge in [0.25, 0.3) is 0 Å². The molecule has 0 saturated heterocycles. The van der Waals surface area contributed by atoms with Crippen molar-refractivity contribution < 1.29 is 4.58 Å². The topological polar surface area (TPSA) is 6.25 Å². The summed E-state index contributed by atoms with van der Waals surface area (Å²) < 4.78 is 2.72. The van der Waals surface area contributed by atoms with Gasteiger partial charge in [-0.3, -0.25) is 0 Å². The molecule has 5 aliphatic rings. The van der Waals surface area contributed by atoms with Crippen LogP contribution < -0.4 is 4.90 Å². The molecule has 2 nitrogen and oxygen atoms in total. The minimum Gasteiger partial charge on any atom is -0.319 e. The van der Waals surface area contributed by atoms with Crippen LogP contribution in [0.15, 0.2) is 24.3 Å². The molecule has 0 N–H and O–H groups in total. The smallest absolute Gasteiger partial charge is 0.218 e. The molecule has 1 aliphatic heterocycles. The lowest BCUT2D eigenvalue weighted by molar-refractivity contribution is -0.621. The van der Waals surface area contributed by atoms with Crippen molar-refractivity contribution in [3.63, 3.8) is 0 Å². The average molecular weight is 281 g/mol. The second kappa shape index (κ2) is 4.12. The van der Waals surface area contributed by atoms with Crippen LogP contribution in [0.25, 0.3) is 0 Å². The van der Waals surface area contributed by atoms with Crippen LogP contribution >= 0.6 is 0 Å². The van der Waals surface area contributed by atoms with Gasteiger partial charge >= 0.3 is 0 Å². The van der Waals surface area contributed by atoms with Gasteiger partial charge in [0.15, 0.2) is 11.8 Å². The fraction of sp³-hybridized carbons (Fsp3) is 0.632. The molecular formula is C19H25N2+. The van der Waals surface area contributed by atoms with E-state index in [1.54, 1.807) is 0 Å². The minimum absolute atomic E-state index is 0.483. The van der Waals surface area contributed by atoms with Crippen molar-refractivity contribution in [3.8, 4) is 0 Å². The second-order valence-corrected chi connectivity index (χ2v) is 8.14. The zero-order chi connectivity index (χ0) is 14.0. The van der Waals surface area contributed by atoms with Gasteiger partial charge in [0.1, 0.15) is 0 Å². The summed E-state index contributed by atoms with van der Waals surface area (Å²) in [5.74, 6) is 3.06. The van der Waals surface area contributed by atoms with E-state index in [1.807, 2.05) is 0 Å². The maximum Gasteiger partial charge on any atom is 0.218 e. The summed E-state index contributed by atoms with van der Waals surface area (Å²) in [7, 11) is 2.25. The van der Waals surface area contributed by atoms with E-state index in [4.69, 9.17) is 0 Å². The van der Waals surface area contributed by atoms with Crippen LogP contribution in [0.3, 0.4) is 0 Å². The summed E-state index contributed by atoms with van der Waals surface area (Å²) in [4.78, 5) is 2.44. The van der Waals surface area contributed by atoms with Gasteiger partial charge in [-0.1, -0.05) is 12.1 Å². The monoisotopic (exact) mass is 281 g/mol. The Morgan fingerprint density at radius 1 is 1.00 bits per heavy atom. The molecule has 4 aliphatic carbocycles. The Labute approximate surface area is 127 Å². The van der Waals surface area contributed by atoms with Gasteiger partial charge in [0.2, 0.25) is 6.67 Å². The Balaban J connectivity index is 1.58. The van der Waals surface area contributed by atoms with E-state index < -0.39 is 0 Å². The van der Waals surface area contributed by atoms with E-state index >= 15 is 0 Å². The van der Waals surface area contributed by atoms with E-state index in [1.165, 1.54) is 49.8 Å². The third kappa shape index (κ3) is 1.74. The summed E-state index contributed by atoms with van der Waals surface area (Å²) in [6.45, 7) is 1.07. The Morgan fingerprint density at radius 3 is 2.29 bits per heavy atom. The van der Waals surface area contributed by atoms with Gasteiger partial charge in [-0.2, -0.15) is 0 Å². The van der Waals surface area contributed by atoms with E-state index in [0.717, 1.165) is 24.4 Å². The van der Waals surface area contributed by atoms with Crippen molar-refractivity contribution >= 4 is 11.9 Å². The molecule has 2 heteroatoms. The first-order valence-corrected chi connectivity index (χ1v) is 8.64. The highest BCUT2D eigenvalue weighted by Gasteiger charge is 2.57. The van der Waals surface area contributed by atoms with Crippen LogP contribution in [0.5, 0.6) is 0 Å². The van der Waals surface area contributed by atoms with Crippen molar-refractivity contribution in [2.24, 2.45) is 17.8 Å². The zero-order valence-electron chi connectivity index (χ0n) is 13.0. The lowest BCUT2D eigenvalue weighted by Gasteiger charge is -2.54. The number of hydrogen-bond acceptors (Lipinski definition) is 1. The third-order valence-electron chi connectivity index (χ3n) is 6.62. The third-order valence-corrected chi connectivity index (χ3v) is 6.62. The molecule has 110 valence electrons. The van der Waals surface area contributed by atoms with Gasteiger partial charge < -0.3 is 4.90 Å². The van der Waals surface area contributed by atoms with E-state index in [9.17, 15) is 0 Å². The highest BCUT2D eigenvalue weighted by atomic mass is 15.3. The first-order valence-electron chi connectivity index (χ1n) is 8.64. The number of benzene rings is 1. The average Bonchev–Trinajstić information content (AvgIpc) is 2.46. The zero-order valence-corrected chi connectivity index (χ0v) is 13.0. The molecule has 0 unspecified atom stereocenters. The fourth-order valence-corrected chi connectivity index (χ4v) is 6.16. The van der Waals surface area contributed by atoms with Crippen molar-refractivity contribution in [1.82, 2.24) is 0 Å². The van der Waals surface area contributed by atoms with E-state index in [2.05, 4.69) is 47.0 Å². The van der Waals surface area contributed by atoms with Crippen LogP contribution in [0.2, 0.25) is 0 Å². The van der Waals surface area contributed by atoms with Gasteiger partial charge in [0, 0.05) is 26.3 Å². The molecule has 0 amide bonds. The maximum absolute atomic E-state index is 2.72. The molecule has 0 spiro atoms. The minimum atomic E-state index is 0.483. The van der Waals surface area contributed by atoms with Crippen LogP contribution in [-0.4, -0.2) is 30.0 Å². The number of fused-ring (bicyclic) bond motifs is 1. The van der Waals surface area contributed by atoms with Crippen molar-refractivity contribution in [3.05, 3.63) is 29.8 Å². The summed E-state index contributed by atoms with van der Waals surface area (Å²) >= 11 is 0. The van der Waals surface area contributed by atoms with Crippen LogP contribution in [0.4, 0.5) is 5.69 Å². The molecule has 0 aromatic heterocycles.